The van der Waals surface area contributed by atoms with Crippen molar-refractivity contribution in [1.29, 1.82) is 0 Å². The number of benzene rings is 3. The first-order valence-corrected chi connectivity index (χ1v) is 9.15. The summed E-state index contributed by atoms with van der Waals surface area (Å²) in [7, 11) is 1.58. The van der Waals surface area contributed by atoms with Gasteiger partial charge >= 0.3 is 0 Å². The number of nitrogens with one attached hydrogen (secondary N) is 2. The number of amides is 2. The van der Waals surface area contributed by atoms with Crippen molar-refractivity contribution in [3.05, 3.63) is 84.4 Å². The normalized spacial score (nSPS) is 10.1. The van der Waals surface area contributed by atoms with E-state index in [0.717, 1.165) is 5.56 Å². The summed E-state index contributed by atoms with van der Waals surface area (Å²) in [5, 5.41) is 5.36. The molecule has 0 aliphatic carbocycles. The number of hydrogen-bond acceptors (Lipinski definition) is 4. The lowest BCUT2D eigenvalue weighted by Crippen LogP contribution is -2.33. The molecule has 0 radical (unpaired) electrons. The van der Waals surface area contributed by atoms with Gasteiger partial charge in [-0.15, -0.1) is 0 Å². The van der Waals surface area contributed by atoms with Crippen molar-refractivity contribution in [3.8, 4) is 17.2 Å². The Kier molecular flexibility index (Phi) is 6.84. The molecule has 0 saturated carbocycles. The topological polar surface area (TPSA) is 76.7 Å². The van der Waals surface area contributed by atoms with Crippen LogP contribution in [0, 0.1) is 0 Å². The van der Waals surface area contributed by atoms with Crippen LogP contribution in [0.4, 0.5) is 5.69 Å². The largest absolute Gasteiger partial charge is 0.493 e. The number of carbonyl (C=O) groups excluding carboxylic acids is 2. The Labute approximate surface area is 169 Å². The number of para-hydroxylation sites is 2. The number of methoxy groups -OCH3 is 1. The number of hydrogen-bond donors (Lipinski definition) is 2. The van der Waals surface area contributed by atoms with Gasteiger partial charge in [0.05, 0.1) is 20.1 Å². The third-order valence-electron chi connectivity index (χ3n) is 4.09. The quantitative estimate of drug-likeness (QED) is 0.614. The molecule has 0 fully saturated rings. The van der Waals surface area contributed by atoms with E-state index in [4.69, 9.17) is 9.47 Å². The SMILES string of the molecule is COc1ccccc1Oc1ccc(NC(=O)CNC(=O)Cc2ccccc2)cc1. The highest BCUT2D eigenvalue weighted by molar-refractivity contribution is 5.94. The van der Waals surface area contributed by atoms with Gasteiger partial charge in [0.15, 0.2) is 11.5 Å². The fraction of sp³-hybridized carbons (Fsp3) is 0.130. The highest BCUT2D eigenvalue weighted by Crippen LogP contribution is 2.31. The van der Waals surface area contributed by atoms with Gasteiger partial charge in [0.1, 0.15) is 5.75 Å². The number of anilines is 1. The summed E-state index contributed by atoms with van der Waals surface area (Å²) in [5.41, 5.74) is 1.51. The maximum Gasteiger partial charge on any atom is 0.243 e. The van der Waals surface area contributed by atoms with Crippen LogP contribution in [0.25, 0.3) is 0 Å². The van der Waals surface area contributed by atoms with Crippen molar-refractivity contribution < 1.29 is 19.1 Å². The summed E-state index contributed by atoms with van der Waals surface area (Å²) < 4.78 is 11.1. The molecule has 3 rings (SSSR count). The zero-order valence-corrected chi connectivity index (χ0v) is 16.1. The molecule has 2 amide bonds. The summed E-state index contributed by atoms with van der Waals surface area (Å²) in [6.07, 6.45) is 0.239. The average molecular weight is 390 g/mol. The van der Waals surface area contributed by atoms with Crippen LogP contribution >= 0.6 is 0 Å². The molecule has 0 aromatic heterocycles. The Morgan fingerprint density at radius 2 is 1.45 bits per heavy atom. The molecule has 0 spiro atoms. The molecule has 29 heavy (non-hydrogen) atoms. The summed E-state index contributed by atoms with van der Waals surface area (Å²) in [4.78, 5) is 24.0. The van der Waals surface area contributed by atoms with Crippen LogP contribution in [0.15, 0.2) is 78.9 Å². The van der Waals surface area contributed by atoms with Crippen molar-refractivity contribution in [2.24, 2.45) is 0 Å². The van der Waals surface area contributed by atoms with Gasteiger partial charge in [0, 0.05) is 5.69 Å². The summed E-state index contributed by atoms with van der Waals surface area (Å²) in [6, 6.07) is 23.7. The summed E-state index contributed by atoms with van der Waals surface area (Å²) >= 11 is 0. The Morgan fingerprint density at radius 1 is 0.793 bits per heavy atom. The lowest BCUT2D eigenvalue weighted by atomic mass is 10.1. The molecule has 0 unspecified atom stereocenters. The third kappa shape index (κ3) is 6.10. The maximum atomic E-state index is 12.1. The fourth-order valence-electron chi connectivity index (χ4n) is 2.66. The van der Waals surface area contributed by atoms with Crippen molar-refractivity contribution in [2.45, 2.75) is 6.42 Å². The van der Waals surface area contributed by atoms with E-state index in [-0.39, 0.29) is 24.8 Å². The first-order valence-electron chi connectivity index (χ1n) is 9.15. The second-order valence-electron chi connectivity index (χ2n) is 6.26. The minimum atomic E-state index is -0.301. The molecule has 3 aromatic rings. The van der Waals surface area contributed by atoms with E-state index in [1.165, 1.54) is 0 Å². The second kappa shape index (κ2) is 9.94. The van der Waals surface area contributed by atoms with Crippen molar-refractivity contribution in [1.82, 2.24) is 5.32 Å². The van der Waals surface area contributed by atoms with Gasteiger partial charge in [0.2, 0.25) is 11.8 Å². The monoisotopic (exact) mass is 390 g/mol. The molecule has 148 valence electrons. The molecule has 2 N–H and O–H groups in total. The van der Waals surface area contributed by atoms with Gasteiger partial charge in [-0.25, -0.2) is 0 Å². The number of rotatable bonds is 8. The molecule has 0 heterocycles. The molecule has 6 nitrogen and oxygen atoms in total. The van der Waals surface area contributed by atoms with E-state index in [1.807, 2.05) is 54.6 Å². The molecular weight excluding hydrogens is 368 g/mol. The average Bonchev–Trinajstić information content (AvgIpc) is 2.75. The Hall–Kier alpha value is -3.80. The molecular formula is C23H22N2O4. The zero-order chi connectivity index (χ0) is 20.5. The number of ether oxygens (including phenoxy) is 2. The standard InChI is InChI=1S/C23H22N2O4/c1-28-20-9-5-6-10-21(20)29-19-13-11-18(12-14-19)25-23(27)16-24-22(26)15-17-7-3-2-4-8-17/h2-14H,15-16H2,1H3,(H,24,26)(H,25,27). The van der Waals surface area contributed by atoms with Gasteiger partial charge in [-0.1, -0.05) is 42.5 Å². The molecule has 0 aliphatic rings. The molecule has 0 atom stereocenters. The molecule has 3 aromatic carbocycles. The minimum Gasteiger partial charge on any atom is -0.493 e. The van der Waals surface area contributed by atoms with E-state index >= 15 is 0 Å². The van der Waals surface area contributed by atoms with Gasteiger partial charge in [0.25, 0.3) is 0 Å². The molecule has 0 bridgehead atoms. The fourth-order valence-corrected chi connectivity index (χ4v) is 2.66. The third-order valence-corrected chi connectivity index (χ3v) is 4.09. The van der Waals surface area contributed by atoms with E-state index in [1.54, 1.807) is 31.4 Å². The van der Waals surface area contributed by atoms with E-state index in [0.29, 0.717) is 22.9 Å². The first kappa shape index (κ1) is 19.9. The van der Waals surface area contributed by atoms with Gasteiger partial charge < -0.3 is 20.1 Å². The zero-order valence-electron chi connectivity index (χ0n) is 16.1. The highest BCUT2D eigenvalue weighted by atomic mass is 16.5. The van der Waals surface area contributed by atoms with Gasteiger partial charge in [-0.05, 0) is 42.0 Å². The Balaban J connectivity index is 1.47. The predicted octanol–water partition coefficient (Wildman–Crippen LogP) is 3.78. The molecule has 0 saturated heterocycles. The van der Waals surface area contributed by atoms with E-state index in [9.17, 15) is 9.59 Å². The highest BCUT2D eigenvalue weighted by Gasteiger charge is 2.08. The maximum absolute atomic E-state index is 12.1. The van der Waals surface area contributed by atoms with Crippen LogP contribution in [0.5, 0.6) is 17.2 Å². The molecule has 6 heteroatoms. The summed E-state index contributed by atoms with van der Waals surface area (Å²) in [5.74, 6) is 1.35. The Bertz CT molecular complexity index is 956. The first-order chi connectivity index (χ1) is 14.1. The van der Waals surface area contributed by atoms with Crippen molar-refractivity contribution in [3.63, 3.8) is 0 Å². The van der Waals surface area contributed by atoms with Crippen LogP contribution in [-0.4, -0.2) is 25.5 Å². The lowest BCUT2D eigenvalue weighted by molar-refractivity contribution is -0.123. The van der Waals surface area contributed by atoms with Crippen LogP contribution in [0.3, 0.4) is 0 Å². The predicted molar refractivity (Wildman–Crippen MR) is 111 cm³/mol. The number of carbonyl (C=O) groups is 2. The van der Waals surface area contributed by atoms with E-state index in [2.05, 4.69) is 10.6 Å². The smallest absolute Gasteiger partial charge is 0.243 e. The minimum absolute atomic E-state index is 0.0921. The molecule has 0 aliphatic heterocycles. The van der Waals surface area contributed by atoms with Gasteiger partial charge in [-0.2, -0.15) is 0 Å². The van der Waals surface area contributed by atoms with Crippen LogP contribution in [-0.2, 0) is 16.0 Å². The second-order valence-corrected chi connectivity index (χ2v) is 6.26. The summed E-state index contributed by atoms with van der Waals surface area (Å²) in [6.45, 7) is -0.0921. The van der Waals surface area contributed by atoms with Crippen LogP contribution in [0.2, 0.25) is 0 Å². The van der Waals surface area contributed by atoms with Crippen LogP contribution in [0.1, 0.15) is 5.56 Å². The van der Waals surface area contributed by atoms with Crippen molar-refractivity contribution in [2.75, 3.05) is 19.0 Å². The van der Waals surface area contributed by atoms with Gasteiger partial charge in [-0.3, -0.25) is 9.59 Å². The Morgan fingerprint density at radius 3 is 2.14 bits per heavy atom. The van der Waals surface area contributed by atoms with E-state index < -0.39 is 0 Å². The van der Waals surface area contributed by atoms with Crippen LogP contribution < -0.4 is 20.1 Å². The lowest BCUT2D eigenvalue weighted by Gasteiger charge is -2.11. The van der Waals surface area contributed by atoms with Crippen molar-refractivity contribution >= 4 is 17.5 Å².